The second-order valence-corrected chi connectivity index (χ2v) is 4.75. The zero-order chi connectivity index (χ0) is 16.7. The van der Waals surface area contributed by atoms with E-state index in [2.05, 4.69) is 15.0 Å². The number of aryl methyl sites for hydroxylation is 1. The highest BCUT2D eigenvalue weighted by Crippen LogP contribution is 2.26. The van der Waals surface area contributed by atoms with Crippen LogP contribution in [-0.2, 0) is 17.8 Å². The van der Waals surface area contributed by atoms with E-state index >= 15 is 0 Å². The van der Waals surface area contributed by atoms with Gasteiger partial charge in [0.15, 0.2) is 0 Å². The number of amides is 1. The first kappa shape index (κ1) is 16.8. The molecule has 1 amide bonds. The molecule has 23 heavy (non-hydrogen) atoms. The van der Waals surface area contributed by atoms with Crippen molar-refractivity contribution >= 4 is 5.91 Å². The van der Waals surface area contributed by atoms with Gasteiger partial charge in [-0.1, -0.05) is 24.3 Å². The Hall–Kier alpha value is -2.57. The highest BCUT2D eigenvalue weighted by atomic mass is 19.4. The summed E-state index contributed by atoms with van der Waals surface area (Å²) in [7, 11) is 0. The number of hydrogen-bond donors (Lipinski definition) is 1. The molecule has 2 rings (SSSR count). The standard InChI is InChI=1S/C16H15F3N2O2/c17-16(18,19)23-14-7-2-1-5-12(14)8-9-15(22)21-11-13-6-3-4-10-20-13/h1-7,10H,8-9,11H2,(H,21,22). The van der Waals surface area contributed by atoms with Crippen LogP contribution in [0.1, 0.15) is 17.7 Å². The van der Waals surface area contributed by atoms with Gasteiger partial charge in [0.25, 0.3) is 0 Å². The van der Waals surface area contributed by atoms with E-state index in [0.29, 0.717) is 11.3 Å². The third kappa shape index (κ3) is 5.98. The molecule has 1 aromatic heterocycles. The normalized spacial score (nSPS) is 11.1. The average Bonchev–Trinajstić information content (AvgIpc) is 2.51. The Morgan fingerprint density at radius 2 is 1.87 bits per heavy atom. The first-order valence-electron chi connectivity index (χ1n) is 6.94. The van der Waals surface area contributed by atoms with Crippen molar-refractivity contribution in [3.05, 3.63) is 59.9 Å². The zero-order valence-electron chi connectivity index (χ0n) is 12.1. The highest BCUT2D eigenvalue weighted by molar-refractivity contribution is 5.76. The van der Waals surface area contributed by atoms with Gasteiger partial charge in [0.05, 0.1) is 12.2 Å². The number of aromatic nitrogens is 1. The molecular formula is C16H15F3N2O2. The van der Waals surface area contributed by atoms with Gasteiger partial charge in [-0.15, -0.1) is 13.2 Å². The van der Waals surface area contributed by atoms with E-state index in [1.54, 1.807) is 30.5 Å². The molecule has 0 fully saturated rings. The molecule has 1 heterocycles. The van der Waals surface area contributed by atoms with Gasteiger partial charge in [-0.2, -0.15) is 0 Å². The van der Waals surface area contributed by atoms with Crippen LogP contribution in [0.15, 0.2) is 48.7 Å². The Labute approximate surface area is 131 Å². The van der Waals surface area contributed by atoms with Gasteiger partial charge in [0, 0.05) is 12.6 Å². The Kier molecular flexibility index (Phi) is 5.56. The van der Waals surface area contributed by atoms with E-state index in [1.807, 2.05) is 0 Å². The molecular weight excluding hydrogens is 309 g/mol. The second-order valence-electron chi connectivity index (χ2n) is 4.75. The van der Waals surface area contributed by atoms with Crippen LogP contribution in [0, 0.1) is 0 Å². The summed E-state index contributed by atoms with van der Waals surface area (Å²) in [5.74, 6) is -0.546. The number of para-hydroxylation sites is 1. The van der Waals surface area contributed by atoms with Gasteiger partial charge in [-0.25, -0.2) is 0 Å². The van der Waals surface area contributed by atoms with Gasteiger partial charge < -0.3 is 10.1 Å². The Balaban J connectivity index is 1.87. The minimum atomic E-state index is -4.75. The summed E-state index contributed by atoms with van der Waals surface area (Å²) in [6.07, 6.45) is -2.92. The van der Waals surface area contributed by atoms with Crippen LogP contribution < -0.4 is 10.1 Å². The number of carbonyl (C=O) groups excluding carboxylic acids is 1. The van der Waals surface area contributed by atoms with Gasteiger partial charge >= 0.3 is 6.36 Å². The van der Waals surface area contributed by atoms with E-state index in [9.17, 15) is 18.0 Å². The third-order valence-electron chi connectivity index (χ3n) is 3.01. The molecule has 0 aliphatic heterocycles. The fraction of sp³-hybridized carbons (Fsp3) is 0.250. The predicted molar refractivity (Wildman–Crippen MR) is 77.5 cm³/mol. The summed E-state index contributed by atoms with van der Waals surface area (Å²) in [4.78, 5) is 15.8. The lowest BCUT2D eigenvalue weighted by Gasteiger charge is -2.13. The molecule has 0 bridgehead atoms. The van der Waals surface area contributed by atoms with Crippen molar-refractivity contribution in [2.24, 2.45) is 0 Å². The smallest absolute Gasteiger partial charge is 0.406 e. The molecule has 7 heteroatoms. The molecule has 0 saturated carbocycles. The van der Waals surface area contributed by atoms with Crippen molar-refractivity contribution in [1.29, 1.82) is 0 Å². The summed E-state index contributed by atoms with van der Waals surface area (Å²) >= 11 is 0. The fourth-order valence-electron chi connectivity index (χ4n) is 1.96. The van der Waals surface area contributed by atoms with Crippen molar-refractivity contribution in [2.75, 3.05) is 0 Å². The maximum absolute atomic E-state index is 12.3. The molecule has 0 saturated heterocycles. The number of benzene rings is 1. The van der Waals surface area contributed by atoms with Crippen LogP contribution in [0.5, 0.6) is 5.75 Å². The lowest BCUT2D eigenvalue weighted by atomic mass is 10.1. The molecule has 0 spiro atoms. The Bertz CT molecular complexity index is 645. The molecule has 122 valence electrons. The van der Waals surface area contributed by atoms with Gasteiger partial charge in [0.2, 0.25) is 5.91 Å². The van der Waals surface area contributed by atoms with Crippen molar-refractivity contribution in [3.63, 3.8) is 0 Å². The molecule has 1 N–H and O–H groups in total. The maximum atomic E-state index is 12.3. The minimum absolute atomic E-state index is 0.0606. The number of rotatable bonds is 6. The molecule has 0 radical (unpaired) electrons. The van der Waals surface area contributed by atoms with Crippen LogP contribution in [0.3, 0.4) is 0 Å². The van der Waals surface area contributed by atoms with Gasteiger partial charge in [-0.05, 0) is 30.2 Å². The number of halogens is 3. The van der Waals surface area contributed by atoms with Crippen molar-refractivity contribution in [3.8, 4) is 5.75 Å². The number of carbonyl (C=O) groups is 1. The molecule has 0 aliphatic carbocycles. The lowest BCUT2D eigenvalue weighted by Crippen LogP contribution is -2.23. The average molecular weight is 324 g/mol. The highest BCUT2D eigenvalue weighted by Gasteiger charge is 2.31. The van der Waals surface area contributed by atoms with E-state index < -0.39 is 6.36 Å². The van der Waals surface area contributed by atoms with Crippen LogP contribution in [-0.4, -0.2) is 17.3 Å². The summed E-state index contributed by atoms with van der Waals surface area (Å²) in [6, 6.07) is 11.1. The largest absolute Gasteiger partial charge is 0.573 e. The molecule has 0 atom stereocenters. The number of alkyl halides is 3. The topological polar surface area (TPSA) is 51.2 Å². The molecule has 0 unspecified atom stereocenters. The third-order valence-corrected chi connectivity index (χ3v) is 3.01. The van der Waals surface area contributed by atoms with E-state index in [0.717, 1.165) is 0 Å². The molecule has 0 aliphatic rings. The summed E-state index contributed by atoms with van der Waals surface area (Å²) in [5, 5.41) is 2.67. The lowest BCUT2D eigenvalue weighted by molar-refractivity contribution is -0.274. The predicted octanol–water partition coefficient (Wildman–Crippen LogP) is 3.23. The monoisotopic (exact) mass is 324 g/mol. The van der Waals surface area contributed by atoms with Crippen LogP contribution in [0.2, 0.25) is 0 Å². The summed E-state index contributed by atoms with van der Waals surface area (Å²) < 4.78 is 40.9. The van der Waals surface area contributed by atoms with E-state index in [1.165, 1.54) is 18.2 Å². The van der Waals surface area contributed by atoms with Crippen LogP contribution in [0.4, 0.5) is 13.2 Å². The SMILES string of the molecule is O=C(CCc1ccccc1OC(F)(F)F)NCc1ccccn1. The summed E-state index contributed by atoms with van der Waals surface area (Å²) in [6.45, 7) is 0.278. The second kappa shape index (κ2) is 7.62. The van der Waals surface area contributed by atoms with Crippen molar-refractivity contribution < 1.29 is 22.7 Å². The van der Waals surface area contributed by atoms with Gasteiger partial charge in [0.1, 0.15) is 5.75 Å². The number of pyridine rings is 1. The van der Waals surface area contributed by atoms with Gasteiger partial charge in [-0.3, -0.25) is 9.78 Å². The zero-order valence-corrected chi connectivity index (χ0v) is 12.1. The number of nitrogens with one attached hydrogen (secondary N) is 1. The van der Waals surface area contributed by atoms with E-state index in [-0.39, 0.29) is 31.0 Å². The summed E-state index contributed by atoms with van der Waals surface area (Å²) in [5.41, 5.74) is 1.04. The fourth-order valence-corrected chi connectivity index (χ4v) is 1.96. The van der Waals surface area contributed by atoms with Crippen molar-refractivity contribution in [1.82, 2.24) is 10.3 Å². The first-order chi connectivity index (χ1) is 10.9. The van der Waals surface area contributed by atoms with Crippen molar-refractivity contribution in [2.45, 2.75) is 25.7 Å². The van der Waals surface area contributed by atoms with Crippen LogP contribution >= 0.6 is 0 Å². The van der Waals surface area contributed by atoms with Crippen LogP contribution in [0.25, 0.3) is 0 Å². The minimum Gasteiger partial charge on any atom is -0.406 e. The van der Waals surface area contributed by atoms with E-state index in [4.69, 9.17) is 0 Å². The number of nitrogens with zero attached hydrogens (tertiary/aromatic N) is 1. The number of hydrogen-bond acceptors (Lipinski definition) is 3. The first-order valence-corrected chi connectivity index (χ1v) is 6.94. The Morgan fingerprint density at radius 3 is 2.57 bits per heavy atom. The number of ether oxygens (including phenoxy) is 1. The molecule has 1 aromatic carbocycles. The maximum Gasteiger partial charge on any atom is 0.573 e. The Morgan fingerprint density at radius 1 is 1.13 bits per heavy atom. The quantitative estimate of drug-likeness (QED) is 0.887. The molecule has 2 aromatic rings. The molecule has 4 nitrogen and oxygen atoms in total.